The maximum absolute atomic E-state index is 13.2. The Morgan fingerprint density at radius 1 is 0.511 bits per heavy atom. The lowest BCUT2D eigenvalue weighted by Crippen LogP contribution is -2.70. The van der Waals surface area contributed by atoms with Gasteiger partial charge in [0, 0.05) is 68.9 Å². The van der Waals surface area contributed by atoms with Gasteiger partial charge in [-0.2, -0.15) is 16.8 Å². The van der Waals surface area contributed by atoms with Crippen molar-refractivity contribution in [1.29, 1.82) is 0 Å². The Kier molecular flexibility index (Phi) is 19.9. The van der Waals surface area contributed by atoms with E-state index in [1.165, 1.54) is 0 Å². The summed E-state index contributed by atoms with van der Waals surface area (Å²) in [6.45, 7) is 10.3. The molecule has 4 aliphatic rings. The highest BCUT2D eigenvalue weighted by atomic mass is 32.2. The molecule has 30 heteroatoms. The number of amides is 1. The van der Waals surface area contributed by atoms with Crippen LogP contribution in [-0.2, 0) is 48.2 Å². The Hall–Kier alpha value is -6.56. The summed E-state index contributed by atoms with van der Waals surface area (Å²) in [4.78, 5) is 57.3. The van der Waals surface area contributed by atoms with Gasteiger partial charge in [-0.25, -0.2) is 38.4 Å². The zero-order chi connectivity index (χ0) is 64.3. The van der Waals surface area contributed by atoms with Gasteiger partial charge >= 0.3 is 14.9 Å². The number of aliphatic imine (C=N–C) groups is 4. The Morgan fingerprint density at radius 3 is 1.33 bits per heavy atom. The molecule has 0 spiro atoms. The van der Waals surface area contributed by atoms with Crippen molar-refractivity contribution in [2.45, 2.75) is 115 Å². The first-order chi connectivity index (χ1) is 42.6. The molecule has 4 aromatic carbocycles. The zero-order valence-electron chi connectivity index (χ0n) is 50.9. The van der Waals surface area contributed by atoms with Gasteiger partial charge in [-0.05, 0) is 102 Å². The minimum absolute atomic E-state index is 0.0232. The molecule has 6 bridgehead atoms. The second kappa shape index (κ2) is 26.9. The fourth-order valence-corrected chi connectivity index (χ4v) is 26.8. The summed E-state index contributed by atoms with van der Waals surface area (Å²) < 4.78 is 124. The topological polar surface area (TPSA) is 335 Å². The second-order valence-electron chi connectivity index (χ2n) is 24.7. The van der Waals surface area contributed by atoms with E-state index < -0.39 is 79.1 Å². The molecule has 2 aromatic heterocycles. The van der Waals surface area contributed by atoms with Gasteiger partial charge in [-0.1, -0.05) is 97.1 Å². The van der Waals surface area contributed by atoms with Crippen molar-refractivity contribution < 1.29 is 66.3 Å². The summed E-state index contributed by atoms with van der Waals surface area (Å²) in [5.41, 5.74) is 3.93. The number of benzene rings is 4. The number of fused-ring (bicyclic) bond motifs is 14. The number of nitrogens with zero attached hydrogens (tertiary/aromatic N) is 9. The molecular formula is C60H76N10O14S3Si3. The van der Waals surface area contributed by atoms with E-state index in [9.17, 15) is 53.6 Å². The van der Waals surface area contributed by atoms with Gasteiger partial charge in [0.1, 0.15) is 22.6 Å². The van der Waals surface area contributed by atoms with E-state index in [0.29, 0.717) is 136 Å². The number of hydrogen-bond acceptors (Lipinski definition) is 17. The van der Waals surface area contributed by atoms with Crippen molar-refractivity contribution in [3.8, 4) is 0 Å². The number of aromatic nitrogens is 2. The Labute approximate surface area is 526 Å². The third-order valence-electron chi connectivity index (χ3n) is 16.7. The van der Waals surface area contributed by atoms with E-state index in [0.717, 1.165) is 43.8 Å². The van der Waals surface area contributed by atoms with Gasteiger partial charge in [-0.15, -0.1) is 0 Å². The smallest absolute Gasteiger partial charge is 0.582 e. The van der Waals surface area contributed by atoms with E-state index >= 15 is 0 Å². The predicted molar refractivity (Wildman–Crippen MR) is 351 cm³/mol. The van der Waals surface area contributed by atoms with Gasteiger partial charge in [0.25, 0.3) is 20.2 Å². The van der Waals surface area contributed by atoms with Gasteiger partial charge in [0.2, 0.25) is 5.91 Å². The first kappa shape index (κ1) is 66.4. The maximum atomic E-state index is 13.2. The molecule has 0 aliphatic carbocycles. The second-order valence-corrected chi connectivity index (χ2v) is 41.1. The molecule has 0 saturated heterocycles. The van der Waals surface area contributed by atoms with E-state index in [1.54, 1.807) is 0 Å². The van der Waals surface area contributed by atoms with Gasteiger partial charge in [0.15, 0.2) is 40.0 Å². The third-order valence-corrected chi connectivity index (χ3v) is 30.8. The summed E-state index contributed by atoms with van der Waals surface area (Å²) in [5.74, 6) is -0.118. The average Bonchev–Trinajstić information content (AvgIpc) is 1.51. The highest BCUT2D eigenvalue weighted by Gasteiger charge is 2.58. The third kappa shape index (κ3) is 15.7. The van der Waals surface area contributed by atoms with E-state index in [-0.39, 0.29) is 42.5 Å². The molecule has 1 unspecified atom stereocenters. The summed E-state index contributed by atoms with van der Waals surface area (Å²) >= 11 is 0. The summed E-state index contributed by atoms with van der Waals surface area (Å²) in [7, 11) is -24.5. The fourth-order valence-electron chi connectivity index (χ4n) is 12.6. The van der Waals surface area contributed by atoms with Gasteiger partial charge < -0.3 is 27.7 Å². The van der Waals surface area contributed by atoms with Crippen LogP contribution in [0, 0.1) is 0 Å². The molecule has 10 rings (SSSR count). The normalized spacial score (nSPS) is 16.3. The quantitative estimate of drug-likeness (QED) is 0.0135. The van der Waals surface area contributed by atoms with Crippen LogP contribution < -0.4 is 16.3 Å². The van der Waals surface area contributed by atoms with Crippen molar-refractivity contribution in [2.24, 2.45) is 30.0 Å². The molecule has 1 amide bonds. The number of carboxylic acid groups (broad SMARTS) is 1. The van der Waals surface area contributed by atoms with Crippen molar-refractivity contribution in [3.05, 3.63) is 130 Å². The van der Waals surface area contributed by atoms with Crippen LogP contribution in [0.5, 0.6) is 0 Å². The number of carbonyl (C=O) groups excluding carboxylic acids is 1. The van der Waals surface area contributed by atoms with Crippen LogP contribution in [0.2, 0.25) is 38.3 Å². The van der Waals surface area contributed by atoms with Crippen molar-refractivity contribution in [3.63, 3.8) is 0 Å². The van der Waals surface area contributed by atoms with Crippen LogP contribution in [0.1, 0.15) is 99.3 Å². The van der Waals surface area contributed by atoms with Crippen LogP contribution in [0.3, 0.4) is 0 Å². The number of carboxylic acids is 1. The Morgan fingerprint density at radius 2 is 0.900 bits per heavy atom. The number of carbonyl (C=O) groups is 2. The number of amidine groups is 4. The number of rotatable bonds is 32. The molecule has 1 atom stereocenters. The molecule has 6 aromatic rings. The summed E-state index contributed by atoms with van der Waals surface area (Å²) in [6.07, 6.45) is 3.21. The van der Waals surface area contributed by atoms with E-state index in [4.69, 9.17) is 38.2 Å². The highest BCUT2D eigenvalue weighted by Crippen LogP contribution is 2.45. The first-order valence-electron chi connectivity index (χ1n) is 30.5. The number of nitrogens with one attached hydrogen (secondary N) is 1. The molecular weight excluding hydrogens is 1270 g/mol. The van der Waals surface area contributed by atoms with Crippen molar-refractivity contribution in [2.75, 3.05) is 50.0 Å². The maximum Gasteiger partial charge on any atom is 0.582 e. The van der Waals surface area contributed by atoms with E-state index in [1.807, 2.05) is 97.1 Å². The standard InChI is InChI=1S/C60H76N10O14S3Si3/c1-88(2,41-21-33-61-51(71)31-13-14-32-52(72)73)83-90(84-89(3,4)42-22-37-70(34-15-18-38-85(74,75)76,35-16-19-39-86(77,78)79)36-17-20-40-87(80,81)82)68-57-47-27-9-10-28-48(47)59(68)66-55-45-25-7-8-26-46(45)56(63-55)67-60-50-30-12-11-29-49(50)58(69(60)90)65-54-44-24-6-5-23-43(44)53(62-54)64-57/h5-12,23-30H,13-22,31-42H2,1-4H3,(H4-,61,71,72,73,74,75,76,77,78,79,80,81,82). The number of unbranched alkanes of at least 4 members (excludes halogenated alkanes) is 4. The van der Waals surface area contributed by atoms with Crippen LogP contribution >= 0.6 is 0 Å². The molecule has 0 saturated carbocycles. The molecule has 0 radical (unpaired) electrons. The molecule has 4 aliphatic heterocycles. The molecule has 480 valence electrons. The zero-order valence-corrected chi connectivity index (χ0v) is 56.3. The van der Waals surface area contributed by atoms with Crippen LogP contribution in [-0.4, -0.2) is 168 Å². The first-order valence-corrected chi connectivity index (χ1v) is 43.2. The number of quaternary nitrogens is 1. The van der Waals surface area contributed by atoms with E-state index in [2.05, 4.69) is 40.0 Å². The van der Waals surface area contributed by atoms with Crippen LogP contribution in [0.4, 0.5) is 11.6 Å². The van der Waals surface area contributed by atoms with Gasteiger partial charge in [0.05, 0.1) is 47.8 Å². The molecule has 4 N–H and O–H groups in total. The minimum atomic E-state index is -4.76. The lowest BCUT2D eigenvalue weighted by molar-refractivity contribution is -0.928. The molecule has 0 fully saturated rings. The number of aliphatic carboxylic acids is 1. The number of hydrogen-bond donors (Lipinski definition) is 4. The highest BCUT2D eigenvalue weighted by molar-refractivity contribution is 7.86. The van der Waals surface area contributed by atoms with Gasteiger partial charge in [-0.3, -0.25) is 27.2 Å². The summed E-state index contributed by atoms with van der Waals surface area (Å²) in [6, 6.07) is 32.4. The average molecular weight is 1340 g/mol. The van der Waals surface area contributed by atoms with Crippen molar-refractivity contribution in [1.82, 2.24) is 13.8 Å². The Bertz CT molecular complexity index is 4130. The van der Waals surface area contributed by atoms with Crippen molar-refractivity contribution >= 4 is 124 Å². The molecule has 90 heavy (non-hydrogen) atoms. The Balaban J connectivity index is 1.18. The minimum Gasteiger partial charge on any atom is -0.748 e. The summed E-state index contributed by atoms with van der Waals surface area (Å²) in [5, 5.41) is 15.1. The largest absolute Gasteiger partial charge is 0.748 e. The fraction of sp³-hybridized carbons (Fsp3) is 0.433. The molecule has 24 nitrogen and oxygen atoms in total. The van der Waals surface area contributed by atoms with Crippen LogP contribution in [0.25, 0.3) is 21.5 Å². The predicted octanol–water partition coefficient (Wildman–Crippen LogP) is 7.83. The monoisotopic (exact) mass is 1340 g/mol. The lowest BCUT2D eigenvalue weighted by atomic mass is 10.1. The molecule has 6 heterocycles. The SMILES string of the molecule is C[Si](C)(CCCNC(=O)CCCCC(=O)O)O[Si]1(O[Si](C)(C)CCC[N+](CCCCS(=O)(=O)[O-])(CCCCS(=O)(=O)O)CCCCS(=O)(=O)O)n2c3c4ccccc4c2N=C2N=C(N=c4c5ccccc5c(n41)=NC1=NC(=N3)c3ccccc31)c1ccccc12. The lowest BCUT2D eigenvalue weighted by Gasteiger charge is -2.44. The van der Waals surface area contributed by atoms with Crippen LogP contribution in [0.15, 0.2) is 127 Å².